The first-order valence-electron chi connectivity index (χ1n) is 6.06. The van der Waals surface area contributed by atoms with E-state index in [4.69, 9.17) is 0 Å². The highest BCUT2D eigenvalue weighted by atomic mass is 127. The molecular formula is C15H10F2INO. The summed E-state index contributed by atoms with van der Waals surface area (Å²) in [4.78, 5) is 14.0. The van der Waals surface area contributed by atoms with E-state index in [2.05, 4.69) is 0 Å². The molecule has 2 aromatic rings. The summed E-state index contributed by atoms with van der Waals surface area (Å²) in [5.74, 6) is -0.736. The molecule has 0 radical (unpaired) electrons. The van der Waals surface area contributed by atoms with Crippen molar-refractivity contribution in [2.24, 2.45) is 0 Å². The maximum absolute atomic E-state index is 13.4. The Hall–Kier alpha value is -1.50. The number of hydrogen-bond donors (Lipinski definition) is 0. The number of amides is 1. The lowest BCUT2D eigenvalue weighted by Gasteiger charge is -2.15. The largest absolute Gasteiger partial charge is 0.330 e. The molecule has 1 aliphatic heterocycles. The van der Waals surface area contributed by atoms with E-state index in [9.17, 15) is 13.6 Å². The highest BCUT2D eigenvalue weighted by molar-refractivity contribution is 14.1. The molecule has 102 valence electrons. The third kappa shape index (κ3) is 2.42. The quantitative estimate of drug-likeness (QED) is 0.722. The van der Waals surface area contributed by atoms with E-state index in [1.165, 1.54) is 24.3 Å². The molecule has 3 rings (SSSR count). The van der Waals surface area contributed by atoms with Gasteiger partial charge >= 0.3 is 0 Å². The predicted octanol–water partition coefficient (Wildman–Crippen LogP) is 3.73. The van der Waals surface area contributed by atoms with E-state index in [-0.39, 0.29) is 17.5 Å². The fraction of sp³-hybridized carbons (Fsp3) is 0.133. The molecule has 0 spiro atoms. The van der Waals surface area contributed by atoms with E-state index in [0.717, 1.165) is 5.56 Å². The van der Waals surface area contributed by atoms with Crippen LogP contribution in [-0.2, 0) is 13.1 Å². The van der Waals surface area contributed by atoms with Gasteiger partial charge in [-0.3, -0.25) is 4.79 Å². The van der Waals surface area contributed by atoms with Gasteiger partial charge in [-0.1, -0.05) is 12.1 Å². The van der Waals surface area contributed by atoms with Crippen molar-refractivity contribution >= 4 is 28.5 Å². The number of hydrogen-bond acceptors (Lipinski definition) is 1. The third-order valence-electron chi connectivity index (χ3n) is 3.29. The minimum Gasteiger partial charge on any atom is -0.330 e. The number of fused-ring (bicyclic) bond motifs is 1. The molecule has 0 aliphatic carbocycles. The van der Waals surface area contributed by atoms with Gasteiger partial charge in [0.25, 0.3) is 5.91 Å². The number of benzene rings is 2. The predicted molar refractivity (Wildman–Crippen MR) is 79.1 cm³/mol. The van der Waals surface area contributed by atoms with Crippen molar-refractivity contribution < 1.29 is 13.6 Å². The van der Waals surface area contributed by atoms with Gasteiger partial charge in [0.05, 0.1) is 5.56 Å². The summed E-state index contributed by atoms with van der Waals surface area (Å²) in [5, 5.41) is 0. The Morgan fingerprint density at radius 3 is 2.50 bits per heavy atom. The fourth-order valence-corrected chi connectivity index (χ4v) is 3.24. The Morgan fingerprint density at radius 2 is 1.80 bits per heavy atom. The number of halogens is 3. The van der Waals surface area contributed by atoms with E-state index in [1.54, 1.807) is 17.0 Å². The van der Waals surface area contributed by atoms with Gasteiger partial charge in [-0.05, 0) is 58.0 Å². The number of carbonyl (C=O) groups is 1. The van der Waals surface area contributed by atoms with Crippen LogP contribution in [0.1, 0.15) is 21.5 Å². The highest BCUT2D eigenvalue weighted by Gasteiger charge is 2.30. The minimum absolute atomic E-state index is 0.103. The number of nitrogens with zero attached hydrogens (tertiary/aromatic N) is 1. The average molecular weight is 385 g/mol. The van der Waals surface area contributed by atoms with Crippen molar-refractivity contribution in [3.8, 4) is 0 Å². The Bertz CT molecular complexity index is 685. The van der Waals surface area contributed by atoms with Crippen LogP contribution in [0.3, 0.4) is 0 Å². The van der Waals surface area contributed by atoms with Crippen LogP contribution in [0.15, 0.2) is 36.4 Å². The van der Waals surface area contributed by atoms with Crippen molar-refractivity contribution in [3.05, 3.63) is 68.3 Å². The first-order valence-corrected chi connectivity index (χ1v) is 7.14. The lowest BCUT2D eigenvalue weighted by Crippen LogP contribution is -2.23. The lowest BCUT2D eigenvalue weighted by molar-refractivity contribution is 0.0766. The summed E-state index contributed by atoms with van der Waals surface area (Å²) in [6.45, 7) is 0.783. The number of carbonyl (C=O) groups excluding carboxylic acids is 1. The van der Waals surface area contributed by atoms with Gasteiger partial charge in [-0.15, -0.1) is 0 Å². The fourth-order valence-electron chi connectivity index (χ4n) is 2.36. The molecule has 0 bridgehead atoms. The van der Waals surface area contributed by atoms with Gasteiger partial charge < -0.3 is 4.90 Å². The van der Waals surface area contributed by atoms with E-state index in [1.807, 2.05) is 22.6 Å². The van der Waals surface area contributed by atoms with Crippen LogP contribution in [0, 0.1) is 15.2 Å². The maximum Gasteiger partial charge on any atom is 0.255 e. The van der Waals surface area contributed by atoms with Gasteiger partial charge in [0.1, 0.15) is 11.6 Å². The van der Waals surface area contributed by atoms with Crippen molar-refractivity contribution in [2.75, 3.05) is 0 Å². The van der Waals surface area contributed by atoms with Crippen LogP contribution >= 0.6 is 22.6 Å². The summed E-state index contributed by atoms with van der Waals surface area (Å²) < 4.78 is 26.9. The van der Waals surface area contributed by atoms with Crippen molar-refractivity contribution in [2.45, 2.75) is 13.1 Å². The van der Waals surface area contributed by atoms with Crippen molar-refractivity contribution in [1.82, 2.24) is 4.90 Å². The van der Waals surface area contributed by atoms with E-state index < -0.39 is 0 Å². The molecule has 0 fully saturated rings. The standard InChI is InChI=1S/C15H10F2INO/c16-11-3-1-9(2-4-11)7-19-8-10-5-12(17)6-13(18)14(10)15(19)20/h1-6H,7-8H2. The molecule has 0 saturated carbocycles. The van der Waals surface area contributed by atoms with Crippen LogP contribution in [0.5, 0.6) is 0 Å². The van der Waals surface area contributed by atoms with Crippen LogP contribution in [0.25, 0.3) is 0 Å². The smallest absolute Gasteiger partial charge is 0.255 e. The molecule has 1 amide bonds. The zero-order valence-corrected chi connectivity index (χ0v) is 12.5. The minimum atomic E-state index is -0.329. The molecule has 0 N–H and O–H groups in total. The zero-order chi connectivity index (χ0) is 14.3. The Morgan fingerprint density at radius 1 is 1.10 bits per heavy atom. The van der Waals surface area contributed by atoms with Crippen LogP contribution in [-0.4, -0.2) is 10.8 Å². The molecule has 5 heteroatoms. The highest BCUT2D eigenvalue weighted by Crippen LogP contribution is 2.29. The van der Waals surface area contributed by atoms with E-state index in [0.29, 0.717) is 27.8 Å². The normalized spacial score (nSPS) is 13.8. The van der Waals surface area contributed by atoms with Gasteiger partial charge in [0, 0.05) is 16.7 Å². The maximum atomic E-state index is 13.4. The summed E-state index contributed by atoms with van der Waals surface area (Å²) in [6, 6.07) is 8.80. The second-order valence-electron chi connectivity index (χ2n) is 4.71. The SMILES string of the molecule is O=C1c2c(I)cc(F)cc2CN1Cc1ccc(F)cc1. The topological polar surface area (TPSA) is 20.3 Å². The Kier molecular flexibility index (Phi) is 3.45. The van der Waals surface area contributed by atoms with Crippen molar-refractivity contribution in [3.63, 3.8) is 0 Å². The lowest BCUT2D eigenvalue weighted by atomic mass is 10.1. The van der Waals surface area contributed by atoms with Gasteiger partial charge in [0.2, 0.25) is 0 Å². The molecular weight excluding hydrogens is 375 g/mol. The first-order chi connectivity index (χ1) is 9.54. The van der Waals surface area contributed by atoms with Gasteiger partial charge in [-0.25, -0.2) is 8.78 Å². The second kappa shape index (κ2) is 5.12. The summed E-state index contributed by atoms with van der Waals surface area (Å²) >= 11 is 1.98. The second-order valence-corrected chi connectivity index (χ2v) is 5.87. The molecule has 0 aromatic heterocycles. The Labute approximate surface area is 128 Å². The van der Waals surface area contributed by atoms with Crippen LogP contribution in [0.4, 0.5) is 8.78 Å². The van der Waals surface area contributed by atoms with Crippen LogP contribution < -0.4 is 0 Å². The molecule has 2 aromatic carbocycles. The van der Waals surface area contributed by atoms with Crippen molar-refractivity contribution in [1.29, 1.82) is 0 Å². The zero-order valence-electron chi connectivity index (χ0n) is 10.4. The summed E-state index contributed by atoms with van der Waals surface area (Å²) in [5.41, 5.74) is 2.14. The Balaban J connectivity index is 1.87. The monoisotopic (exact) mass is 385 g/mol. The molecule has 2 nitrogen and oxygen atoms in total. The van der Waals surface area contributed by atoms with E-state index >= 15 is 0 Å². The molecule has 0 saturated heterocycles. The van der Waals surface area contributed by atoms with Crippen LogP contribution in [0.2, 0.25) is 0 Å². The summed E-state index contributed by atoms with van der Waals surface area (Å²) in [6.07, 6.45) is 0. The average Bonchev–Trinajstić information content (AvgIpc) is 2.69. The van der Waals surface area contributed by atoms with Gasteiger partial charge in [0.15, 0.2) is 0 Å². The molecule has 0 atom stereocenters. The molecule has 1 aliphatic rings. The third-order valence-corrected chi connectivity index (χ3v) is 4.14. The molecule has 20 heavy (non-hydrogen) atoms. The number of rotatable bonds is 2. The molecule has 0 unspecified atom stereocenters. The van der Waals surface area contributed by atoms with Gasteiger partial charge in [-0.2, -0.15) is 0 Å². The summed E-state index contributed by atoms with van der Waals surface area (Å²) in [7, 11) is 0. The first kappa shape index (κ1) is 13.5. The molecule has 1 heterocycles.